The third kappa shape index (κ3) is 3.91. The lowest BCUT2D eigenvalue weighted by molar-refractivity contribution is -0.122. The SMILES string of the molecule is CCN1C(=O)/C(=C\c2ccc(COc3cc(C)cc(C)c3)o2)NC1=S. The highest BCUT2D eigenvalue weighted by atomic mass is 32.1. The molecule has 0 atom stereocenters. The van der Waals surface area contributed by atoms with Gasteiger partial charge in [-0.3, -0.25) is 9.69 Å². The predicted molar refractivity (Wildman–Crippen MR) is 100 cm³/mol. The van der Waals surface area contributed by atoms with E-state index in [0.717, 1.165) is 16.9 Å². The molecule has 1 N–H and O–H groups in total. The molecule has 2 heterocycles. The third-order valence-corrected chi connectivity index (χ3v) is 4.15. The Morgan fingerprint density at radius 3 is 2.60 bits per heavy atom. The van der Waals surface area contributed by atoms with Crippen molar-refractivity contribution in [3.05, 3.63) is 58.7 Å². The summed E-state index contributed by atoms with van der Waals surface area (Å²) in [5, 5.41) is 3.33. The van der Waals surface area contributed by atoms with E-state index < -0.39 is 0 Å². The second kappa shape index (κ2) is 7.11. The number of nitrogens with zero attached hydrogens (tertiary/aromatic N) is 1. The summed E-state index contributed by atoms with van der Waals surface area (Å²) in [6.45, 7) is 6.81. The van der Waals surface area contributed by atoms with Crippen LogP contribution in [0.4, 0.5) is 0 Å². The van der Waals surface area contributed by atoms with Gasteiger partial charge in [0.1, 0.15) is 29.6 Å². The molecule has 25 heavy (non-hydrogen) atoms. The van der Waals surface area contributed by atoms with Crippen molar-refractivity contribution in [3.63, 3.8) is 0 Å². The van der Waals surface area contributed by atoms with Gasteiger partial charge in [-0.1, -0.05) is 6.07 Å². The van der Waals surface area contributed by atoms with Gasteiger partial charge in [0.05, 0.1) is 0 Å². The zero-order chi connectivity index (χ0) is 18.0. The molecule has 6 heteroatoms. The van der Waals surface area contributed by atoms with Crippen LogP contribution in [0.15, 0.2) is 40.4 Å². The first-order chi connectivity index (χ1) is 12.0. The standard InChI is InChI=1S/C19H20N2O3S/c1-4-21-18(22)17(20-19(21)25)10-14-5-6-15(24-14)11-23-16-8-12(2)7-13(3)9-16/h5-10H,4,11H2,1-3H3,(H,20,25)/b17-10+. The number of carbonyl (C=O) groups excluding carboxylic acids is 1. The maximum Gasteiger partial charge on any atom is 0.276 e. The first kappa shape index (κ1) is 17.2. The Morgan fingerprint density at radius 1 is 1.24 bits per heavy atom. The Morgan fingerprint density at radius 2 is 1.96 bits per heavy atom. The molecule has 0 radical (unpaired) electrons. The molecular weight excluding hydrogens is 336 g/mol. The van der Waals surface area contributed by atoms with Crippen LogP contribution in [0.1, 0.15) is 29.6 Å². The summed E-state index contributed by atoms with van der Waals surface area (Å²) in [6, 6.07) is 9.71. The fraction of sp³-hybridized carbons (Fsp3) is 0.263. The molecule has 0 bridgehead atoms. The molecule has 1 aliphatic rings. The Balaban J connectivity index is 1.68. The number of furan rings is 1. The highest BCUT2D eigenvalue weighted by Crippen LogP contribution is 2.20. The van der Waals surface area contributed by atoms with Gasteiger partial charge in [-0.05, 0) is 68.4 Å². The number of likely N-dealkylation sites (N-methyl/N-ethyl adjacent to an activating group) is 1. The van der Waals surface area contributed by atoms with E-state index in [2.05, 4.69) is 11.4 Å². The van der Waals surface area contributed by atoms with Crippen molar-refractivity contribution < 1.29 is 13.9 Å². The lowest BCUT2D eigenvalue weighted by Crippen LogP contribution is -2.30. The van der Waals surface area contributed by atoms with E-state index in [1.807, 2.05) is 39.0 Å². The van der Waals surface area contributed by atoms with Crippen LogP contribution in [0, 0.1) is 13.8 Å². The second-order valence-corrected chi connectivity index (χ2v) is 6.34. The summed E-state index contributed by atoms with van der Waals surface area (Å²) in [4.78, 5) is 13.7. The van der Waals surface area contributed by atoms with Crippen LogP contribution in [0.3, 0.4) is 0 Å². The van der Waals surface area contributed by atoms with Crippen LogP contribution in [0.5, 0.6) is 5.75 Å². The molecule has 130 valence electrons. The Kier molecular flexibility index (Phi) is 4.90. The minimum Gasteiger partial charge on any atom is -0.486 e. The number of hydrogen-bond acceptors (Lipinski definition) is 4. The summed E-state index contributed by atoms with van der Waals surface area (Å²) in [5.41, 5.74) is 2.73. The smallest absolute Gasteiger partial charge is 0.276 e. The summed E-state index contributed by atoms with van der Waals surface area (Å²) in [6.07, 6.45) is 1.66. The quantitative estimate of drug-likeness (QED) is 0.656. The minimum absolute atomic E-state index is 0.142. The van der Waals surface area contributed by atoms with Crippen molar-refractivity contribution in [2.24, 2.45) is 0 Å². The molecule has 5 nitrogen and oxygen atoms in total. The van der Waals surface area contributed by atoms with Gasteiger partial charge in [0.25, 0.3) is 5.91 Å². The van der Waals surface area contributed by atoms with Crippen molar-refractivity contribution in [3.8, 4) is 5.75 Å². The Hall–Kier alpha value is -2.60. The number of amides is 1. The molecule has 1 saturated heterocycles. The van der Waals surface area contributed by atoms with E-state index in [1.54, 1.807) is 12.1 Å². The number of nitrogens with one attached hydrogen (secondary N) is 1. The maximum absolute atomic E-state index is 12.2. The van der Waals surface area contributed by atoms with E-state index in [0.29, 0.717) is 35.5 Å². The summed E-state index contributed by atoms with van der Waals surface area (Å²) < 4.78 is 11.5. The molecule has 3 rings (SSSR count). The van der Waals surface area contributed by atoms with Crippen LogP contribution in [-0.2, 0) is 11.4 Å². The van der Waals surface area contributed by atoms with E-state index in [-0.39, 0.29) is 5.91 Å². The average molecular weight is 356 g/mol. The van der Waals surface area contributed by atoms with Crippen LogP contribution in [0.25, 0.3) is 6.08 Å². The fourth-order valence-electron chi connectivity index (χ4n) is 2.72. The third-order valence-electron chi connectivity index (χ3n) is 3.82. The second-order valence-electron chi connectivity index (χ2n) is 5.95. The topological polar surface area (TPSA) is 54.7 Å². The van der Waals surface area contributed by atoms with Gasteiger partial charge in [-0.25, -0.2) is 0 Å². The number of aryl methyl sites for hydroxylation is 2. The minimum atomic E-state index is -0.142. The maximum atomic E-state index is 12.2. The number of rotatable bonds is 5. The van der Waals surface area contributed by atoms with E-state index >= 15 is 0 Å². The lowest BCUT2D eigenvalue weighted by Gasteiger charge is -2.08. The fourth-order valence-corrected chi connectivity index (χ4v) is 3.04. The first-order valence-electron chi connectivity index (χ1n) is 8.10. The van der Waals surface area contributed by atoms with Crippen molar-refractivity contribution in [2.75, 3.05) is 6.54 Å². The summed E-state index contributed by atoms with van der Waals surface area (Å²) in [7, 11) is 0. The molecule has 0 aliphatic carbocycles. The van der Waals surface area contributed by atoms with Crippen LogP contribution in [-0.4, -0.2) is 22.5 Å². The van der Waals surface area contributed by atoms with Crippen molar-refractivity contribution in [2.45, 2.75) is 27.4 Å². The van der Waals surface area contributed by atoms with Crippen LogP contribution >= 0.6 is 12.2 Å². The molecular formula is C19H20N2O3S. The van der Waals surface area contributed by atoms with Gasteiger partial charge in [0.2, 0.25) is 0 Å². The highest BCUT2D eigenvalue weighted by Gasteiger charge is 2.29. The van der Waals surface area contributed by atoms with Crippen molar-refractivity contribution >= 4 is 29.3 Å². The van der Waals surface area contributed by atoms with Crippen LogP contribution in [0.2, 0.25) is 0 Å². The summed E-state index contributed by atoms with van der Waals surface area (Å²) >= 11 is 5.13. The van der Waals surface area contributed by atoms with Gasteiger partial charge < -0.3 is 14.5 Å². The number of hydrogen-bond donors (Lipinski definition) is 1. The normalized spacial score (nSPS) is 15.8. The van der Waals surface area contributed by atoms with Gasteiger partial charge >= 0.3 is 0 Å². The zero-order valence-electron chi connectivity index (χ0n) is 14.5. The lowest BCUT2D eigenvalue weighted by atomic mass is 10.1. The molecule has 1 aromatic carbocycles. The van der Waals surface area contributed by atoms with E-state index in [1.165, 1.54) is 4.90 Å². The molecule has 1 amide bonds. The van der Waals surface area contributed by atoms with E-state index in [9.17, 15) is 4.79 Å². The largest absolute Gasteiger partial charge is 0.486 e. The predicted octanol–water partition coefficient (Wildman–Crippen LogP) is 3.55. The number of benzene rings is 1. The number of carbonyl (C=O) groups is 1. The molecule has 1 aromatic heterocycles. The monoisotopic (exact) mass is 356 g/mol. The number of ether oxygens (including phenoxy) is 1. The number of thiocarbonyl (C=S) groups is 1. The average Bonchev–Trinajstić information content (AvgIpc) is 3.09. The van der Waals surface area contributed by atoms with Crippen molar-refractivity contribution in [1.82, 2.24) is 10.2 Å². The summed E-state index contributed by atoms with van der Waals surface area (Å²) in [5.74, 6) is 1.93. The zero-order valence-corrected chi connectivity index (χ0v) is 15.3. The van der Waals surface area contributed by atoms with Crippen molar-refractivity contribution in [1.29, 1.82) is 0 Å². The molecule has 2 aromatic rings. The van der Waals surface area contributed by atoms with Crippen LogP contribution < -0.4 is 10.1 Å². The van der Waals surface area contributed by atoms with Gasteiger partial charge in [0.15, 0.2) is 5.11 Å². The molecule has 0 saturated carbocycles. The Bertz CT molecular complexity index is 834. The van der Waals surface area contributed by atoms with Gasteiger partial charge in [0, 0.05) is 12.6 Å². The highest BCUT2D eigenvalue weighted by molar-refractivity contribution is 7.80. The van der Waals surface area contributed by atoms with Gasteiger partial charge in [-0.2, -0.15) is 0 Å². The molecule has 1 fully saturated rings. The Labute approximate surface area is 152 Å². The first-order valence-corrected chi connectivity index (χ1v) is 8.51. The van der Waals surface area contributed by atoms with Gasteiger partial charge in [-0.15, -0.1) is 0 Å². The van der Waals surface area contributed by atoms with E-state index in [4.69, 9.17) is 21.4 Å². The molecule has 0 unspecified atom stereocenters. The molecule has 0 spiro atoms. The molecule has 1 aliphatic heterocycles.